The second-order valence-corrected chi connectivity index (χ2v) is 4.63. The van der Waals surface area contributed by atoms with Gasteiger partial charge in [-0.1, -0.05) is 61.7 Å². The van der Waals surface area contributed by atoms with Crippen molar-refractivity contribution in [2.75, 3.05) is 0 Å². The van der Waals surface area contributed by atoms with Crippen LogP contribution in [0.15, 0.2) is 86.0 Å². The molecule has 24 heavy (non-hydrogen) atoms. The number of carboxylic acid groups (broad SMARTS) is 2. The maximum atomic E-state index is 9.25. The molecule has 3 aromatic carbocycles. The molecule has 0 aromatic heterocycles. The van der Waals surface area contributed by atoms with Crippen LogP contribution in [0.2, 0.25) is 0 Å². The van der Waals surface area contributed by atoms with E-state index in [-0.39, 0.29) is 0 Å². The Kier molecular flexibility index (Phi) is 7.45. The van der Waals surface area contributed by atoms with E-state index in [1.165, 1.54) is 21.5 Å². The Morgan fingerprint density at radius 2 is 0.875 bits per heavy atom. The van der Waals surface area contributed by atoms with Gasteiger partial charge in [-0.15, -0.1) is 0 Å². The zero-order valence-electron chi connectivity index (χ0n) is 13.1. The third kappa shape index (κ3) is 6.15. The van der Waals surface area contributed by atoms with Crippen molar-refractivity contribution in [2.45, 2.75) is 0 Å². The molecule has 0 saturated carbocycles. The summed E-state index contributed by atoms with van der Waals surface area (Å²) in [6.45, 7) is 5.92. The molecule has 4 nitrogen and oxygen atoms in total. The summed E-state index contributed by atoms with van der Waals surface area (Å²) in [6, 6.07) is 21.4. The molecule has 0 saturated heterocycles. The van der Waals surface area contributed by atoms with Crippen molar-refractivity contribution in [1.82, 2.24) is 0 Å². The lowest BCUT2D eigenvalue weighted by atomic mass is 10.0. The predicted octanol–water partition coefficient (Wildman–Crippen LogP) is 4.51. The minimum absolute atomic E-state index is 0.833. The molecular weight excluding hydrogens is 304 g/mol. The van der Waals surface area contributed by atoms with Crippen LogP contribution in [0, 0.1) is 0 Å². The molecular formula is C20H18O4. The highest BCUT2D eigenvalue weighted by Crippen LogP contribution is 2.21. The van der Waals surface area contributed by atoms with Gasteiger partial charge in [-0.2, -0.15) is 0 Å². The van der Waals surface area contributed by atoms with Crippen molar-refractivity contribution in [1.29, 1.82) is 0 Å². The number of fused-ring (bicyclic) bond motifs is 2. The summed E-state index contributed by atoms with van der Waals surface area (Å²) in [5.74, 6) is -1.96. The van der Waals surface area contributed by atoms with Crippen LogP contribution in [0.3, 0.4) is 0 Å². The average molecular weight is 322 g/mol. The molecule has 3 aromatic rings. The van der Waals surface area contributed by atoms with E-state index in [1.807, 2.05) is 0 Å². The molecule has 3 rings (SSSR count). The zero-order valence-corrected chi connectivity index (χ0v) is 13.1. The van der Waals surface area contributed by atoms with Crippen LogP contribution in [0.1, 0.15) is 0 Å². The van der Waals surface area contributed by atoms with Gasteiger partial charge in [0, 0.05) is 12.2 Å². The SMILES string of the molecule is C=CC(=O)O.C=CC(=O)O.c1ccc2cc3ccccc3cc2c1. The Bertz CT molecular complexity index is 743. The minimum Gasteiger partial charge on any atom is -0.478 e. The molecule has 0 bridgehead atoms. The molecule has 2 N–H and O–H groups in total. The number of carbonyl (C=O) groups is 2. The van der Waals surface area contributed by atoms with Crippen LogP contribution in [-0.2, 0) is 9.59 Å². The molecule has 0 fully saturated rings. The van der Waals surface area contributed by atoms with Gasteiger partial charge in [0.25, 0.3) is 0 Å². The number of rotatable bonds is 2. The summed E-state index contributed by atoms with van der Waals surface area (Å²) in [6.07, 6.45) is 1.67. The third-order valence-electron chi connectivity index (χ3n) is 2.96. The first-order valence-corrected chi connectivity index (χ1v) is 7.06. The molecule has 0 heterocycles. The molecule has 4 heteroatoms. The first kappa shape index (κ1) is 18.6. The molecule has 0 aliphatic heterocycles. The molecule has 0 spiro atoms. The van der Waals surface area contributed by atoms with Crippen molar-refractivity contribution < 1.29 is 19.8 Å². The van der Waals surface area contributed by atoms with Gasteiger partial charge in [-0.25, -0.2) is 9.59 Å². The lowest BCUT2D eigenvalue weighted by Crippen LogP contribution is -1.82. The summed E-state index contributed by atoms with van der Waals surface area (Å²) < 4.78 is 0. The predicted molar refractivity (Wildman–Crippen MR) is 97.1 cm³/mol. The van der Waals surface area contributed by atoms with Crippen LogP contribution < -0.4 is 0 Å². The van der Waals surface area contributed by atoms with Crippen LogP contribution in [0.5, 0.6) is 0 Å². The van der Waals surface area contributed by atoms with E-state index >= 15 is 0 Å². The van der Waals surface area contributed by atoms with Gasteiger partial charge in [0.1, 0.15) is 0 Å². The first-order chi connectivity index (χ1) is 11.5. The Morgan fingerprint density at radius 1 is 0.667 bits per heavy atom. The van der Waals surface area contributed by atoms with E-state index in [0.29, 0.717) is 0 Å². The average Bonchev–Trinajstić information content (AvgIpc) is 2.60. The van der Waals surface area contributed by atoms with E-state index in [0.717, 1.165) is 12.2 Å². The fourth-order valence-electron chi connectivity index (χ4n) is 1.88. The maximum absolute atomic E-state index is 9.25. The lowest BCUT2D eigenvalue weighted by molar-refractivity contribution is -0.132. The van der Waals surface area contributed by atoms with Gasteiger partial charge in [-0.05, 0) is 33.7 Å². The summed E-state index contributed by atoms with van der Waals surface area (Å²) in [5.41, 5.74) is 0. The number of carboxylic acids is 2. The molecule has 0 aliphatic carbocycles. The standard InChI is InChI=1S/C14H10.2C3H4O2/c1-2-6-12-10-14-8-4-3-7-13(14)9-11(12)5-1;2*1-2-3(4)5/h1-10H;2*2H,1H2,(H,4,5). The van der Waals surface area contributed by atoms with E-state index < -0.39 is 11.9 Å². The van der Waals surface area contributed by atoms with E-state index in [2.05, 4.69) is 73.8 Å². The van der Waals surface area contributed by atoms with Crippen molar-refractivity contribution in [3.8, 4) is 0 Å². The van der Waals surface area contributed by atoms with Gasteiger partial charge in [-0.3, -0.25) is 0 Å². The van der Waals surface area contributed by atoms with Crippen LogP contribution in [-0.4, -0.2) is 22.2 Å². The van der Waals surface area contributed by atoms with Crippen LogP contribution in [0.4, 0.5) is 0 Å². The second-order valence-electron chi connectivity index (χ2n) is 4.63. The normalized spacial score (nSPS) is 9.00. The number of hydrogen-bond acceptors (Lipinski definition) is 2. The van der Waals surface area contributed by atoms with E-state index in [4.69, 9.17) is 10.2 Å². The summed E-state index contributed by atoms with van der Waals surface area (Å²) in [4.78, 5) is 18.5. The first-order valence-electron chi connectivity index (χ1n) is 7.06. The maximum Gasteiger partial charge on any atom is 0.327 e. The minimum atomic E-state index is -0.981. The van der Waals surface area contributed by atoms with Crippen LogP contribution in [0.25, 0.3) is 21.5 Å². The van der Waals surface area contributed by atoms with E-state index in [1.54, 1.807) is 0 Å². The highest BCUT2D eigenvalue weighted by molar-refractivity contribution is 5.98. The number of benzene rings is 3. The van der Waals surface area contributed by atoms with Gasteiger partial charge < -0.3 is 10.2 Å². The van der Waals surface area contributed by atoms with Gasteiger partial charge in [0.2, 0.25) is 0 Å². The summed E-state index contributed by atoms with van der Waals surface area (Å²) in [7, 11) is 0. The molecule has 0 aliphatic rings. The van der Waals surface area contributed by atoms with Crippen LogP contribution >= 0.6 is 0 Å². The zero-order chi connectivity index (χ0) is 17.9. The highest BCUT2D eigenvalue weighted by atomic mass is 16.4. The number of aliphatic carboxylic acids is 2. The van der Waals surface area contributed by atoms with Crippen molar-refractivity contribution >= 4 is 33.5 Å². The third-order valence-corrected chi connectivity index (χ3v) is 2.96. The number of hydrogen-bond donors (Lipinski definition) is 2. The molecule has 0 unspecified atom stereocenters. The summed E-state index contributed by atoms with van der Waals surface area (Å²) >= 11 is 0. The Labute approximate surface area is 140 Å². The van der Waals surface area contributed by atoms with Crippen molar-refractivity contribution in [3.63, 3.8) is 0 Å². The topological polar surface area (TPSA) is 74.6 Å². The largest absolute Gasteiger partial charge is 0.478 e. The lowest BCUT2D eigenvalue weighted by Gasteiger charge is -2.00. The fourth-order valence-corrected chi connectivity index (χ4v) is 1.88. The van der Waals surface area contributed by atoms with Gasteiger partial charge in [0.05, 0.1) is 0 Å². The second kappa shape index (κ2) is 9.58. The van der Waals surface area contributed by atoms with Gasteiger partial charge >= 0.3 is 11.9 Å². The highest BCUT2D eigenvalue weighted by Gasteiger charge is 1.95. The quantitative estimate of drug-likeness (QED) is 0.538. The monoisotopic (exact) mass is 322 g/mol. The Hall–Kier alpha value is -3.40. The molecule has 0 amide bonds. The van der Waals surface area contributed by atoms with Gasteiger partial charge in [0.15, 0.2) is 0 Å². The van der Waals surface area contributed by atoms with E-state index in [9.17, 15) is 9.59 Å². The van der Waals surface area contributed by atoms with Crippen molar-refractivity contribution in [3.05, 3.63) is 86.0 Å². The van der Waals surface area contributed by atoms with Crippen molar-refractivity contribution in [2.24, 2.45) is 0 Å². The Balaban J connectivity index is 0.000000243. The molecule has 0 radical (unpaired) electrons. The Morgan fingerprint density at radius 3 is 1.04 bits per heavy atom. The summed E-state index contributed by atoms with van der Waals surface area (Å²) in [5, 5.41) is 20.5. The molecule has 122 valence electrons. The fraction of sp³-hybridized carbons (Fsp3) is 0. The smallest absolute Gasteiger partial charge is 0.327 e. The molecule has 0 atom stereocenters.